The van der Waals surface area contributed by atoms with E-state index in [0.29, 0.717) is 10.7 Å². The number of nitrogens with zero attached hydrogens (tertiary/aromatic N) is 1. The van der Waals surface area contributed by atoms with Gasteiger partial charge in [0.25, 0.3) is 0 Å². The average molecular weight is 275 g/mol. The Morgan fingerprint density at radius 1 is 1.17 bits per heavy atom. The zero-order valence-corrected chi connectivity index (χ0v) is 11.3. The molecule has 0 saturated carbocycles. The minimum Gasteiger partial charge on any atom is -0.398 e. The fraction of sp³-hybridized carbons (Fsp3) is 0.0714. The number of rotatable bonds is 1. The number of hydrogen-bond donors (Lipinski definition) is 1. The van der Waals surface area contributed by atoms with Crippen molar-refractivity contribution < 1.29 is 0 Å². The first kappa shape index (κ1) is 11.5. The minimum atomic E-state index is 0.572. The quantitative estimate of drug-likeness (QED) is 0.663. The maximum atomic E-state index is 6.04. The monoisotopic (exact) mass is 274 g/mol. The summed E-state index contributed by atoms with van der Waals surface area (Å²) in [4.78, 5) is 4.61. The number of nitrogen functional groups attached to an aromatic ring is 1. The largest absolute Gasteiger partial charge is 0.398 e. The summed E-state index contributed by atoms with van der Waals surface area (Å²) in [5, 5.41) is 1.54. The van der Waals surface area contributed by atoms with Crippen LogP contribution in [-0.4, -0.2) is 4.98 Å². The smallest absolute Gasteiger partial charge is 0.124 e. The van der Waals surface area contributed by atoms with Crippen molar-refractivity contribution in [2.75, 3.05) is 5.73 Å². The van der Waals surface area contributed by atoms with Crippen molar-refractivity contribution in [2.24, 2.45) is 0 Å². The van der Waals surface area contributed by atoms with Gasteiger partial charge >= 0.3 is 0 Å². The van der Waals surface area contributed by atoms with Crippen molar-refractivity contribution >= 4 is 38.8 Å². The molecule has 0 saturated heterocycles. The standard InChI is InChI=1S/C14H11ClN2S/c1-8-2-5-12-13(6-8)18-14(17-12)9-3-4-11(16)10(15)7-9/h2-7H,16H2,1H3. The number of nitrogens with two attached hydrogens (primary N) is 1. The molecule has 4 heteroatoms. The molecular weight excluding hydrogens is 264 g/mol. The van der Waals surface area contributed by atoms with E-state index >= 15 is 0 Å². The van der Waals surface area contributed by atoms with Crippen molar-refractivity contribution in [3.05, 3.63) is 47.0 Å². The number of hydrogen-bond acceptors (Lipinski definition) is 3. The molecule has 2 N–H and O–H groups in total. The molecule has 1 aromatic heterocycles. The van der Waals surface area contributed by atoms with Crippen LogP contribution in [0.1, 0.15) is 5.56 Å². The van der Waals surface area contributed by atoms with E-state index in [1.54, 1.807) is 11.3 Å². The van der Waals surface area contributed by atoms with Gasteiger partial charge in [-0.05, 0) is 42.8 Å². The van der Waals surface area contributed by atoms with E-state index < -0.39 is 0 Å². The molecule has 3 rings (SSSR count). The molecule has 0 atom stereocenters. The summed E-state index contributed by atoms with van der Waals surface area (Å²) in [5.41, 5.74) is 9.58. The summed E-state index contributed by atoms with van der Waals surface area (Å²) < 4.78 is 1.19. The Morgan fingerprint density at radius 2 is 2.00 bits per heavy atom. The number of aryl methyl sites for hydroxylation is 1. The Kier molecular flexibility index (Phi) is 2.73. The van der Waals surface area contributed by atoms with Gasteiger partial charge in [-0.2, -0.15) is 0 Å². The molecular formula is C14H11ClN2S. The Balaban J connectivity index is 2.16. The summed E-state index contributed by atoms with van der Waals surface area (Å²) in [5.74, 6) is 0. The lowest BCUT2D eigenvalue weighted by molar-refractivity contribution is 1.45. The van der Waals surface area contributed by atoms with Gasteiger partial charge in [0.2, 0.25) is 0 Å². The van der Waals surface area contributed by atoms with Gasteiger partial charge in [0.15, 0.2) is 0 Å². The van der Waals surface area contributed by atoms with Gasteiger partial charge in [-0.15, -0.1) is 11.3 Å². The van der Waals surface area contributed by atoms with Gasteiger partial charge in [-0.3, -0.25) is 0 Å². The third-order valence-electron chi connectivity index (χ3n) is 2.79. The zero-order chi connectivity index (χ0) is 12.7. The van der Waals surface area contributed by atoms with Gasteiger partial charge in [-0.25, -0.2) is 4.98 Å². The molecule has 0 spiro atoms. The predicted molar refractivity (Wildman–Crippen MR) is 79.2 cm³/mol. The van der Waals surface area contributed by atoms with Gasteiger partial charge in [-0.1, -0.05) is 17.7 Å². The Bertz CT molecular complexity index is 734. The molecule has 3 aromatic rings. The Hall–Kier alpha value is -1.58. The normalized spacial score (nSPS) is 11.0. The van der Waals surface area contributed by atoms with Crippen molar-refractivity contribution in [1.82, 2.24) is 4.98 Å². The van der Waals surface area contributed by atoms with Crippen LogP contribution in [0.5, 0.6) is 0 Å². The van der Waals surface area contributed by atoms with Crippen LogP contribution in [-0.2, 0) is 0 Å². The van der Waals surface area contributed by atoms with Crippen LogP contribution < -0.4 is 5.73 Å². The first-order chi connectivity index (χ1) is 8.63. The SMILES string of the molecule is Cc1ccc2nc(-c3ccc(N)c(Cl)c3)sc2c1. The van der Waals surface area contributed by atoms with Gasteiger partial charge in [0.05, 0.1) is 20.9 Å². The molecule has 0 radical (unpaired) electrons. The predicted octanol–water partition coefficient (Wildman–Crippen LogP) is 4.51. The van der Waals surface area contributed by atoms with E-state index in [9.17, 15) is 0 Å². The molecule has 18 heavy (non-hydrogen) atoms. The van der Waals surface area contributed by atoms with Crippen LogP contribution in [0.25, 0.3) is 20.8 Å². The highest BCUT2D eigenvalue weighted by molar-refractivity contribution is 7.21. The van der Waals surface area contributed by atoms with Crippen molar-refractivity contribution in [3.8, 4) is 10.6 Å². The van der Waals surface area contributed by atoms with Crippen LogP contribution in [0, 0.1) is 6.92 Å². The second-order valence-corrected chi connectivity index (χ2v) is 5.66. The van der Waals surface area contributed by atoms with Crippen LogP contribution >= 0.6 is 22.9 Å². The van der Waals surface area contributed by atoms with E-state index in [-0.39, 0.29) is 0 Å². The maximum absolute atomic E-state index is 6.04. The molecule has 0 bridgehead atoms. The number of thiazole rings is 1. The third-order valence-corrected chi connectivity index (χ3v) is 4.19. The van der Waals surface area contributed by atoms with E-state index in [0.717, 1.165) is 16.1 Å². The number of halogens is 1. The van der Waals surface area contributed by atoms with Gasteiger partial charge < -0.3 is 5.73 Å². The van der Waals surface area contributed by atoms with Crippen LogP contribution in [0.4, 0.5) is 5.69 Å². The molecule has 0 fully saturated rings. The first-order valence-electron chi connectivity index (χ1n) is 5.56. The Morgan fingerprint density at radius 3 is 2.78 bits per heavy atom. The van der Waals surface area contributed by atoms with Crippen molar-refractivity contribution in [1.29, 1.82) is 0 Å². The second kappa shape index (κ2) is 4.26. The molecule has 0 aliphatic heterocycles. The highest BCUT2D eigenvalue weighted by Gasteiger charge is 2.07. The van der Waals surface area contributed by atoms with Gasteiger partial charge in [0, 0.05) is 5.56 Å². The number of aromatic nitrogens is 1. The lowest BCUT2D eigenvalue weighted by atomic mass is 10.2. The molecule has 0 aliphatic carbocycles. The van der Waals surface area contributed by atoms with E-state index in [2.05, 4.69) is 24.0 Å². The van der Waals surface area contributed by atoms with E-state index in [4.69, 9.17) is 17.3 Å². The minimum absolute atomic E-state index is 0.572. The third kappa shape index (κ3) is 1.96. The van der Waals surface area contributed by atoms with E-state index in [1.165, 1.54) is 10.3 Å². The summed E-state index contributed by atoms with van der Waals surface area (Å²) in [6.07, 6.45) is 0. The van der Waals surface area contributed by atoms with Gasteiger partial charge in [0.1, 0.15) is 5.01 Å². The van der Waals surface area contributed by atoms with Crippen LogP contribution in [0.3, 0.4) is 0 Å². The summed E-state index contributed by atoms with van der Waals surface area (Å²) >= 11 is 7.71. The Labute approximate surface area is 114 Å². The maximum Gasteiger partial charge on any atom is 0.124 e. The van der Waals surface area contributed by atoms with Crippen molar-refractivity contribution in [3.63, 3.8) is 0 Å². The van der Waals surface area contributed by atoms with Crippen molar-refractivity contribution in [2.45, 2.75) is 6.92 Å². The van der Waals surface area contributed by atoms with E-state index in [1.807, 2.05) is 24.3 Å². The zero-order valence-electron chi connectivity index (χ0n) is 9.77. The number of fused-ring (bicyclic) bond motifs is 1. The van der Waals surface area contributed by atoms with Crippen LogP contribution in [0.15, 0.2) is 36.4 Å². The molecule has 2 aromatic carbocycles. The lowest BCUT2D eigenvalue weighted by Gasteiger charge is -1.99. The lowest BCUT2D eigenvalue weighted by Crippen LogP contribution is -1.86. The fourth-order valence-corrected chi connectivity index (χ4v) is 3.06. The van der Waals surface area contributed by atoms with Crippen LogP contribution in [0.2, 0.25) is 5.02 Å². The summed E-state index contributed by atoms with van der Waals surface area (Å²) in [6, 6.07) is 11.9. The molecule has 90 valence electrons. The molecule has 0 unspecified atom stereocenters. The summed E-state index contributed by atoms with van der Waals surface area (Å²) in [6.45, 7) is 2.08. The number of benzene rings is 2. The molecule has 0 amide bonds. The first-order valence-corrected chi connectivity index (χ1v) is 6.75. The molecule has 2 nitrogen and oxygen atoms in total. The molecule has 0 aliphatic rings. The summed E-state index contributed by atoms with van der Waals surface area (Å²) in [7, 11) is 0. The fourth-order valence-electron chi connectivity index (χ4n) is 1.82. The topological polar surface area (TPSA) is 38.9 Å². The number of anilines is 1. The average Bonchev–Trinajstić information content (AvgIpc) is 2.75. The second-order valence-electron chi connectivity index (χ2n) is 4.23. The highest BCUT2D eigenvalue weighted by Crippen LogP contribution is 2.33. The highest BCUT2D eigenvalue weighted by atomic mass is 35.5. The molecule has 1 heterocycles.